The van der Waals surface area contributed by atoms with Crippen molar-refractivity contribution < 1.29 is 8.42 Å². The molecule has 7 heteroatoms. The number of fused-ring (bicyclic) bond motifs is 1. The molecule has 0 amide bonds. The summed E-state index contributed by atoms with van der Waals surface area (Å²) >= 11 is 6.03. The van der Waals surface area contributed by atoms with Crippen molar-refractivity contribution >= 4 is 32.3 Å². The highest BCUT2D eigenvalue weighted by Crippen LogP contribution is 2.22. The Kier molecular flexibility index (Phi) is 4.67. The van der Waals surface area contributed by atoms with Crippen molar-refractivity contribution in [2.24, 2.45) is 0 Å². The van der Waals surface area contributed by atoms with Crippen LogP contribution in [-0.4, -0.2) is 23.7 Å². The third kappa shape index (κ3) is 3.45. The Labute approximate surface area is 150 Å². The summed E-state index contributed by atoms with van der Waals surface area (Å²) in [4.78, 5) is 17.2. The molecule has 0 aliphatic heterocycles. The predicted octanol–water partition coefficient (Wildman–Crippen LogP) is 3.20. The van der Waals surface area contributed by atoms with Gasteiger partial charge < -0.3 is 0 Å². The van der Waals surface area contributed by atoms with E-state index in [1.165, 1.54) is 17.0 Å². The average Bonchev–Trinajstić information content (AvgIpc) is 2.58. The van der Waals surface area contributed by atoms with E-state index >= 15 is 0 Å². The summed E-state index contributed by atoms with van der Waals surface area (Å²) in [5.41, 5.74) is 1.83. The molecule has 130 valence electrons. The molecule has 1 aromatic heterocycles. The lowest BCUT2D eigenvalue weighted by Gasteiger charge is -2.12. The van der Waals surface area contributed by atoms with Gasteiger partial charge in [0, 0.05) is 5.02 Å². The molecule has 0 radical (unpaired) electrons. The second kappa shape index (κ2) is 6.61. The van der Waals surface area contributed by atoms with Crippen LogP contribution in [0.3, 0.4) is 0 Å². The number of rotatable bonds is 4. The van der Waals surface area contributed by atoms with Crippen molar-refractivity contribution in [2.45, 2.75) is 25.3 Å². The van der Waals surface area contributed by atoms with E-state index in [4.69, 9.17) is 11.6 Å². The van der Waals surface area contributed by atoms with Crippen LogP contribution >= 0.6 is 11.6 Å². The second-order valence-corrected chi connectivity index (χ2v) is 8.54. The van der Waals surface area contributed by atoms with E-state index in [1.54, 1.807) is 31.2 Å². The van der Waals surface area contributed by atoms with E-state index in [1.807, 2.05) is 13.0 Å². The molecule has 3 aromatic rings. The van der Waals surface area contributed by atoms with Crippen molar-refractivity contribution in [3.05, 3.63) is 69.2 Å². The Balaban J connectivity index is 2.15. The van der Waals surface area contributed by atoms with Gasteiger partial charge in [0.1, 0.15) is 0 Å². The number of aromatic nitrogens is 2. The van der Waals surface area contributed by atoms with Gasteiger partial charge in [-0.25, -0.2) is 13.4 Å². The smallest absolute Gasteiger partial charge is 0.261 e. The van der Waals surface area contributed by atoms with Crippen LogP contribution in [0.1, 0.15) is 18.1 Å². The highest BCUT2D eigenvalue weighted by Gasteiger charge is 2.18. The number of benzene rings is 2. The molecule has 0 spiro atoms. The van der Waals surface area contributed by atoms with Crippen molar-refractivity contribution in [3.63, 3.8) is 0 Å². The van der Waals surface area contributed by atoms with Crippen LogP contribution in [0.15, 0.2) is 52.4 Å². The van der Waals surface area contributed by atoms with E-state index in [0.29, 0.717) is 21.5 Å². The molecule has 0 aliphatic rings. The molecule has 0 N–H and O–H groups in total. The van der Waals surface area contributed by atoms with E-state index in [2.05, 4.69) is 4.98 Å². The van der Waals surface area contributed by atoms with Gasteiger partial charge >= 0.3 is 0 Å². The first-order valence-corrected chi connectivity index (χ1v) is 9.82. The largest absolute Gasteiger partial charge is 0.294 e. The number of halogens is 1. The highest BCUT2D eigenvalue weighted by atomic mass is 35.5. The van der Waals surface area contributed by atoms with Gasteiger partial charge in [-0.3, -0.25) is 9.36 Å². The second-order valence-electron chi connectivity index (χ2n) is 5.85. The summed E-state index contributed by atoms with van der Waals surface area (Å²) in [5, 5.41) is 0.923. The lowest BCUT2D eigenvalue weighted by atomic mass is 10.1. The van der Waals surface area contributed by atoms with Crippen LogP contribution < -0.4 is 5.56 Å². The van der Waals surface area contributed by atoms with Gasteiger partial charge in [0.25, 0.3) is 5.56 Å². The van der Waals surface area contributed by atoms with Crippen LogP contribution in [0, 0.1) is 6.92 Å². The normalized spacial score (nSPS) is 11.8. The van der Waals surface area contributed by atoms with Crippen molar-refractivity contribution in [1.29, 1.82) is 0 Å². The minimum absolute atomic E-state index is 0.0221. The number of nitrogens with zero attached hydrogens (tertiary/aromatic N) is 2. The Hall–Kier alpha value is -2.18. The molecule has 0 bridgehead atoms. The summed E-state index contributed by atoms with van der Waals surface area (Å²) < 4.78 is 26.0. The molecular formula is C18H17ClN2O3S. The molecule has 0 atom stereocenters. The molecule has 1 heterocycles. The lowest BCUT2D eigenvalue weighted by molar-refractivity contribution is 0.595. The minimum Gasteiger partial charge on any atom is -0.294 e. The molecule has 5 nitrogen and oxygen atoms in total. The number of hydrogen-bond donors (Lipinski definition) is 0. The standard InChI is InChI=1S/C18H17ClN2O3S/c1-3-25(23,24)17-7-5-14(19)9-13(17)10-21-11-20-16-6-4-12(2)8-15(16)18(21)22/h4-9,11H,3,10H2,1-2H3. The number of aryl methyl sites for hydroxylation is 1. The zero-order chi connectivity index (χ0) is 18.2. The van der Waals surface area contributed by atoms with Gasteiger partial charge in [-0.15, -0.1) is 0 Å². The lowest BCUT2D eigenvalue weighted by Crippen LogP contribution is -2.22. The highest BCUT2D eigenvalue weighted by molar-refractivity contribution is 7.91. The third-order valence-electron chi connectivity index (χ3n) is 4.06. The van der Waals surface area contributed by atoms with Crippen LogP contribution in [0.5, 0.6) is 0 Å². The fourth-order valence-corrected chi connectivity index (χ4v) is 4.00. The fourth-order valence-electron chi connectivity index (χ4n) is 2.70. The first-order valence-electron chi connectivity index (χ1n) is 7.79. The van der Waals surface area contributed by atoms with E-state index in [0.717, 1.165) is 5.56 Å². The first kappa shape index (κ1) is 17.6. The summed E-state index contributed by atoms with van der Waals surface area (Å²) in [7, 11) is -3.42. The summed E-state index contributed by atoms with van der Waals surface area (Å²) in [6.07, 6.45) is 1.43. The summed E-state index contributed by atoms with van der Waals surface area (Å²) in [6.45, 7) is 3.57. The molecule has 0 aliphatic carbocycles. The maximum atomic E-state index is 12.7. The fraction of sp³-hybridized carbons (Fsp3) is 0.222. The molecule has 3 rings (SSSR count). The number of hydrogen-bond acceptors (Lipinski definition) is 4. The van der Waals surface area contributed by atoms with Gasteiger partial charge in [-0.05, 0) is 42.8 Å². The first-order chi connectivity index (χ1) is 11.8. The van der Waals surface area contributed by atoms with Crippen LogP contribution in [0.25, 0.3) is 10.9 Å². The maximum absolute atomic E-state index is 12.7. The quantitative estimate of drug-likeness (QED) is 0.701. The van der Waals surface area contributed by atoms with Gasteiger partial charge in [0.15, 0.2) is 9.84 Å². The topological polar surface area (TPSA) is 69.0 Å². The molecule has 0 fully saturated rings. The molecule has 25 heavy (non-hydrogen) atoms. The zero-order valence-corrected chi connectivity index (χ0v) is 15.4. The minimum atomic E-state index is -3.42. The van der Waals surface area contributed by atoms with E-state index in [-0.39, 0.29) is 22.8 Å². The monoisotopic (exact) mass is 376 g/mol. The Morgan fingerprint density at radius 2 is 1.92 bits per heavy atom. The predicted molar refractivity (Wildman–Crippen MR) is 99.0 cm³/mol. The Morgan fingerprint density at radius 3 is 2.64 bits per heavy atom. The maximum Gasteiger partial charge on any atom is 0.261 e. The van der Waals surface area contributed by atoms with Crippen molar-refractivity contribution in [1.82, 2.24) is 9.55 Å². The zero-order valence-electron chi connectivity index (χ0n) is 13.9. The van der Waals surface area contributed by atoms with Crippen molar-refractivity contribution in [2.75, 3.05) is 5.75 Å². The molecular weight excluding hydrogens is 360 g/mol. The van der Waals surface area contributed by atoms with Crippen molar-refractivity contribution in [3.8, 4) is 0 Å². The third-order valence-corrected chi connectivity index (χ3v) is 6.12. The van der Waals surface area contributed by atoms with E-state index in [9.17, 15) is 13.2 Å². The van der Waals surface area contributed by atoms with Gasteiger partial charge in [0.05, 0.1) is 34.4 Å². The van der Waals surface area contributed by atoms with Crippen LogP contribution in [-0.2, 0) is 16.4 Å². The van der Waals surface area contributed by atoms with Gasteiger partial charge in [-0.2, -0.15) is 0 Å². The Morgan fingerprint density at radius 1 is 1.16 bits per heavy atom. The molecule has 0 unspecified atom stereocenters. The molecule has 0 saturated carbocycles. The summed E-state index contributed by atoms with van der Waals surface area (Å²) in [6, 6.07) is 10.1. The van der Waals surface area contributed by atoms with Gasteiger partial charge in [0.2, 0.25) is 0 Å². The van der Waals surface area contributed by atoms with Gasteiger partial charge in [-0.1, -0.05) is 30.2 Å². The Bertz CT molecular complexity index is 1120. The molecule has 2 aromatic carbocycles. The average molecular weight is 377 g/mol. The number of sulfone groups is 1. The summed E-state index contributed by atoms with van der Waals surface area (Å²) in [5.74, 6) is -0.0221. The molecule has 0 saturated heterocycles. The van der Waals surface area contributed by atoms with Crippen LogP contribution in [0.4, 0.5) is 0 Å². The SMILES string of the molecule is CCS(=O)(=O)c1ccc(Cl)cc1Cn1cnc2ccc(C)cc2c1=O. The van der Waals surface area contributed by atoms with E-state index < -0.39 is 9.84 Å². The van der Waals surface area contributed by atoms with Crippen LogP contribution in [0.2, 0.25) is 5.02 Å².